The van der Waals surface area contributed by atoms with Crippen molar-refractivity contribution in [2.24, 2.45) is 5.92 Å². The van der Waals surface area contributed by atoms with Gasteiger partial charge in [0.05, 0.1) is 84.3 Å². The molecule has 538 valence electrons. The molecule has 0 saturated carbocycles. The van der Waals surface area contributed by atoms with Gasteiger partial charge in [-0.05, 0) is 228 Å². The van der Waals surface area contributed by atoms with E-state index >= 15 is 0 Å². The van der Waals surface area contributed by atoms with Gasteiger partial charge >= 0.3 is 0 Å². The summed E-state index contributed by atoms with van der Waals surface area (Å²) >= 11 is 0. The molecule has 0 spiro atoms. The summed E-state index contributed by atoms with van der Waals surface area (Å²) in [7, 11) is 6.21. The fourth-order valence-corrected chi connectivity index (χ4v) is 9.31. The monoisotopic (exact) mass is 1300 g/mol. The molecule has 10 fully saturated rings. The number of rotatable bonds is 0. The first-order valence-electron chi connectivity index (χ1n) is 35.6. The van der Waals surface area contributed by atoms with Gasteiger partial charge in [-0.15, -0.1) is 0 Å². The summed E-state index contributed by atoms with van der Waals surface area (Å²) in [4.78, 5) is 9.74. The van der Waals surface area contributed by atoms with Crippen molar-refractivity contribution in [3.8, 4) is 0 Å². The predicted molar refractivity (Wildman–Crippen MR) is 371 cm³/mol. The number of hydroxylamine groups is 2. The van der Waals surface area contributed by atoms with Crippen molar-refractivity contribution in [3.63, 3.8) is 0 Å². The summed E-state index contributed by atoms with van der Waals surface area (Å²) in [5, 5.41) is 21.3. The van der Waals surface area contributed by atoms with Gasteiger partial charge in [-0.3, -0.25) is 31.0 Å². The molecule has 0 radical (unpaired) electrons. The Morgan fingerprint density at radius 2 is 1.10 bits per heavy atom. The van der Waals surface area contributed by atoms with Gasteiger partial charge in [-0.2, -0.15) is 5.06 Å². The largest absolute Gasteiger partial charge is 0.472 e. The molecule has 10 aliphatic rings. The third-order valence-electron chi connectivity index (χ3n) is 15.6. The van der Waals surface area contributed by atoms with E-state index in [9.17, 15) is 0 Å². The molecule has 10 saturated heterocycles. The molecule has 7 atom stereocenters. The molecule has 21 heteroatoms. The molecule has 12 heterocycles. The standard InChI is InChI=1S/C7H14O.8C6H13NO.C5H11NO.2C5H6O/c1-7-4-2-3-5-8-6-7;1-6-2-4-8-5-3-7-6;1-6-2-3-7-4-5-8-6;1-7-3-2-5-8-6-4-7;1-6-3-2-4-8-5-7-6;1-6-3-2-4-7-5-8-6;1-7-4-2-3-5-8-6-7;1-7-5-3-2-4-6-8-7;1-6-7-4-2-3-5-8-6;1-5-2-3-7-4-6-5;1-5-2-3-6-4-5;1-5-3-2-4-6-5/h7H,2-6H2,1H3;2*6-7H,2-5H2,1H3;2-6H2,1H3;2*6-7H,2-5H2,1H3;2*2-6H2,1H3;6-7H,2-5H2,1H3;5-6H,2-4H2,1H3;2*2-4H,1H3. The van der Waals surface area contributed by atoms with Crippen LogP contribution < -0.4 is 31.9 Å². The highest BCUT2D eigenvalue weighted by Gasteiger charge is 2.10. The summed E-state index contributed by atoms with van der Waals surface area (Å²) in [5.41, 5.74) is 1.18. The van der Waals surface area contributed by atoms with Crippen LogP contribution in [0.1, 0.15) is 175 Å². The van der Waals surface area contributed by atoms with Gasteiger partial charge in [0.1, 0.15) is 12.0 Å². The number of nitrogens with zero attached hydrogens (tertiary/aromatic N) is 3. The number of furan rings is 2. The van der Waals surface area contributed by atoms with Gasteiger partial charge in [-0.1, -0.05) is 13.3 Å². The molecule has 6 N–H and O–H groups in total. The van der Waals surface area contributed by atoms with Crippen molar-refractivity contribution in [1.82, 2.24) is 46.8 Å². The molecule has 0 amide bonds. The second kappa shape index (κ2) is 65.1. The summed E-state index contributed by atoms with van der Waals surface area (Å²) in [6.45, 7) is 43.1. The Labute approximate surface area is 555 Å². The molecular weight excluding hydrogens is 1160 g/mol. The van der Waals surface area contributed by atoms with Gasteiger partial charge in [0.25, 0.3) is 0 Å². The third-order valence-corrected chi connectivity index (χ3v) is 15.6. The Kier molecular flexibility index (Phi) is 62.1. The van der Waals surface area contributed by atoms with Crippen molar-refractivity contribution in [2.45, 2.75) is 214 Å². The van der Waals surface area contributed by atoms with E-state index < -0.39 is 0 Å². The molecule has 2 aromatic heterocycles. The van der Waals surface area contributed by atoms with E-state index in [2.05, 4.69) is 97.3 Å². The van der Waals surface area contributed by atoms with E-state index in [1.807, 2.05) is 51.1 Å². The Bertz CT molecular complexity index is 1350. The number of hydrogen-bond acceptors (Lipinski definition) is 21. The molecule has 21 nitrogen and oxygen atoms in total. The second-order valence-electron chi connectivity index (χ2n) is 25.2. The smallest absolute Gasteiger partial charge is 0.105 e. The minimum Gasteiger partial charge on any atom is -0.472 e. The van der Waals surface area contributed by atoms with Crippen LogP contribution in [-0.4, -0.2) is 238 Å². The zero-order chi connectivity index (χ0) is 66.3. The minimum absolute atomic E-state index is 0.275. The van der Waals surface area contributed by atoms with Gasteiger partial charge in [0.15, 0.2) is 0 Å². The number of nitrogens with one attached hydrogen (secondary N) is 6. The van der Waals surface area contributed by atoms with Crippen LogP contribution in [0.5, 0.6) is 0 Å². The normalized spacial score (nSPS) is 27.1. The van der Waals surface area contributed by atoms with Crippen molar-refractivity contribution in [2.75, 3.05) is 186 Å². The van der Waals surface area contributed by atoms with Crippen molar-refractivity contribution < 1.29 is 56.3 Å². The Morgan fingerprint density at radius 3 is 1.84 bits per heavy atom. The minimum atomic E-state index is 0.275. The lowest BCUT2D eigenvalue weighted by Gasteiger charge is -2.18. The first kappa shape index (κ1) is 86.8. The van der Waals surface area contributed by atoms with Gasteiger partial charge in [0.2, 0.25) is 0 Å². The van der Waals surface area contributed by atoms with Crippen LogP contribution in [0, 0.1) is 19.8 Å². The van der Waals surface area contributed by atoms with Crippen LogP contribution in [0.3, 0.4) is 0 Å². The van der Waals surface area contributed by atoms with Crippen LogP contribution in [0.2, 0.25) is 0 Å². The van der Waals surface area contributed by atoms with E-state index in [4.69, 9.17) is 56.3 Å². The van der Waals surface area contributed by atoms with Crippen LogP contribution in [0.15, 0.2) is 45.8 Å². The van der Waals surface area contributed by atoms with Crippen molar-refractivity contribution in [3.05, 3.63) is 48.3 Å². The quantitative estimate of drug-likeness (QED) is 0.145. The maximum absolute atomic E-state index is 5.34. The highest BCUT2D eigenvalue weighted by Crippen LogP contribution is 2.12. The predicted octanol–water partition coefficient (Wildman–Crippen LogP) is 10.4. The average Bonchev–Trinajstić information content (AvgIpc) is 4.12. The van der Waals surface area contributed by atoms with Gasteiger partial charge in [-0.25, -0.2) is 0 Å². The van der Waals surface area contributed by atoms with Crippen LogP contribution in [0.4, 0.5) is 0 Å². The van der Waals surface area contributed by atoms with Gasteiger partial charge in [0, 0.05) is 117 Å². The number of aryl methyl sites for hydroxylation is 2. The van der Waals surface area contributed by atoms with Crippen LogP contribution in [0.25, 0.3) is 0 Å². The second-order valence-corrected chi connectivity index (χ2v) is 25.2. The van der Waals surface area contributed by atoms with E-state index in [0.717, 1.165) is 183 Å². The maximum Gasteiger partial charge on any atom is 0.105 e. The first-order chi connectivity index (χ1) is 44.2. The SMILES string of the molecule is CC1CCCCOC1.CC1CCCNCO1.CC1CCCOCN1.CC1CCNCCO1.CC1CCOCCN1.CC1CCOCN1.CC1NCCCCO1.CN1CCCCCO1.CN1CCCCOC1.CN1CCCOCC1.Cc1ccco1.Cc1ccoc1. The Morgan fingerprint density at radius 1 is 0.418 bits per heavy atom. The molecule has 7 unspecified atom stereocenters. The van der Waals surface area contributed by atoms with Crippen LogP contribution in [-0.2, 0) is 47.5 Å². The highest BCUT2D eigenvalue weighted by atomic mass is 16.7. The maximum atomic E-state index is 5.34. The molecule has 0 bridgehead atoms. The number of ether oxygens (including phenoxy) is 9. The zero-order valence-electron chi connectivity index (χ0n) is 60.2. The van der Waals surface area contributed by atoms with Gasteiger partial charge < -0.3 is 67.0 Å². The molecule has 91 heavy (non-hydrogen) atoms. The van der Waals surface area contributed by atoms with E-state index in [1.54, 1.807) is 18.8 Å². The fraction of sp³-hybridized carbons (Fsp3) is 0.886. The molecule has 0 aromatic carbocycles. The topological polar surface area (TPSA) is 200 Å². The zero-order valence-corrected chi connectivity index (χ0v) is 60.2. The number of likely N-dealkylation sites (N-methyl/N-ethyl adjacent to an activating group) is 1. The Hall–Kier alpha value is -2.20. The van der Waals surface area contributed by atoms with Crippen molar-refractivity contribution in [1.29, 1.82) is 0 Å². The first-order valence-corrected chi connectivity index (χ1v) is 35.6. The van der Waals surface area contributed by atoms with Crippen LogP contribution >= 0.6 is 0 Å². The summed E-state index contributed by atoms with van der Waals surface area (Å²) in [6.07, 6.45) is 28.6. The highest BCUT2D eigenvalue weighted by molar-refractivity contribution is 5.00. The molecule has 0 aliphatic carbocycles. The summed E-state index contributed by atoms with van der Waals surface area (Å²) < 4.78 is 56.6. The fourth-order valence-electron chi connectivity index (χ4n) is 9.31. The van der Waals surface area contributed by atoms with Crippen molar-refractivity contribution >= 4 is 0 Å². The lowest BCUT2D eigenvalue weighted by molar-refractivity contribution is -0.131. The summed E-state index contributed by atoms with van der Waals surface area (Å²) in [6, 6.07) is 7.67. The molecular formula is C70H141N9O12. The number of hydrogen-bond donors (Lipinski definition) is 6. The Balaban J connectivity index is 0.000000497. The summed E-state index contributed by atoms with van der Waals surface area (Å²) in [5.74, 6) is 1.77. The molecule has 12 rings (SSSR count). The average molecular weight is 1300 g/mol. The lowest BCUT2D eigenvalue weighted by Crippen LogP contribution is -2.34. The lowest BCUT2D eigenvalue weighted by atomic mass is 10.1. The van der Waals surface area contributed by atoms with E-state index in [1.165, 1.54) is 115 Å². The third kappa shape index (κ3) is 63.6. The van der Waals surface area contributed by atoms with E-state index in [0.29, 0.717) is 30.3 Å². The van der Waals surface area contributed by atoms with E-state index in [-0.39, 0.29) is 6.23 Å². The molecule has 2 aromatic rings. The molecule has 10 aliphatic heterocycles.